The molecule has 0 radical (unpaired) electrons. The summed E-state index contributed by atoms with van der Waals surface area (Å²) in [5.74, 6) is 0. The zero-order valence-electron chi connectivity index (χ0n) is 9.46. The molecule has 1 fully saturated rings. The van der Waals surface area contributed by atoms with Crippen molar-refractivity contribution >= 4 is 11.3 Å². The average molecular weight is 246 g/mol. The molecule has 88 valence electrons. The molecule has 1 saturated heterocycles. The molecule has 2 aromatic rings. The van der Waals surface area contributed by atoms with Gasteiger partial charge in [0.25, 0.3) is 0 Å². The van der Waals surface area contributed by atoms with Crippen LogP contribution in [-0.2, 0) is 15.9 Å². The minimum Gasteiger partial charge on any atom is -0.345 e. The van der Waals surface area contributed by atoms with E-state index in [1.165, 1.54) is 15.3 Å². The van der Waals surface area contributed by atoms with E-state index >= 15 is 0 Å². The van der Waals surface area contributed by atoms with Gasteiger partial charge in [-0.2, -0.15) is 0 Å². The molecule has 1 aromatic heterocycles. The number of hydrogen-bond acceptors (Lipinski definition) is 3. The van der Waals surface area contributed by atoms with E-state index in [4.69, 9.17) is 9.47 Å². The van der Waals surface area contributed by atoms with Crippen molar-refractivity contribution in [1.29, 1.82) is 0 Å². The first-order chi connectivity index (χ1) is 8.42. The fourth-order valence-corrected chi connectivity index (χ4v) is 2.98. The van der Waals surface area contributed by atoms with Crippen LogP contribution in [0.15, 0.2) is 42.5 Å². The average Bonchev–Trinajstić information content (AvgIpc) is 3.00. The Morgan fingerprint density at radius 3 is 2.53 bits per heavy atom. The van der Waals surface area contributed by atoms with Crippen LogP contribution in [0.1, 0.15) is 21.6 Å². The second-order valence-electron chi connectivity index (χ2n) is 4.04. The lowest BCUT2D eigenvalue weighted by molar-refractivity contribution is -0.0413. The van der Waals surface area contributed by atoms with E-state index in [2.05, 4.69) is 36.4 Å². The van der Waals surface area contributed by atoms with Crippen molar-refractivity contribution in [2.24, 2.45) is 0 Å². The van der Waals surface area contributed by atoms with Crippen LogP contribution in [0.4, 0.5) is 0 Å². The van der Waals surface area contributed by atoms with E-state index in [1.807, 2.05) is 6.07 Å². The van der Waals surface area contributed by atoms with Gasteiger partial charge < -0.3 is 9.47 Å². The van der Waals surface area contributed by atoms with Crippen molar-refractivity contribution in [3.8, 4) is 0 Å². The summed E-state index contributed by atoms with van der Waals surface area (Å²) in [6.45, 7) is 1.41. The van der Waals surface area contributed by atoms with Crippen molar-refractivity contribution in [3.63, 3.8) is 0 Å². The molecule has 0 aliphatic carbocycles. The number of hydrogen-bond donors (Lipinski definition) is 0. The monoisotopic (exact) mass is 246 g/mol. The quantitative estimate of drug-likeness (QED) is 0.826. The summed E-state index contributed by atoms with van der Waals surface area (Å²) in [5.41, 5.74) is 1.34. The Balaban J connectivity index is 1.72. The predicted octanol–water partition coefficient (Wildman–Crippen LogP) is 3.38. The third-order valence-corrected chi connectivity index (χ3v) is 3.86. The van der Waals surface area contributed by atoms with Crippen LogP contribution < -0.4 is 0 Å². The fraction of sp³-hybridized carbons (Fsp3) is 0.286. The molecule has 1 aliphatic rings. The lowest BCUT2D eigenvalue weighted by Crippen LogP contribution is -1.93. The zero-order valence-corrected chi connectivity index (χ0v) is 10.3. The highest BCUT2D eigenvalue weighted by molar-refractivity contribution is 7.12. The summed E-state index contributed by atoms with van der Waals surface area (Å²) in [7, 11) is 0. The van der Waals surface area contributed by atoms with Crippen molar-refractivity contribution in [2.45, 2.75) is 12.7 Å². The molecule has 0 saturated carbocycles. The number of rotatable bonds is 3. The molecule has 3 heteroatoms. The second-order valence-corrected chi connectivity index (χ2v) is 5.24. The Labute approximate surface area is 105 Å². The zero-order chi connectivity index (χ0) is 11.5. The van der Waals surface area contributed by atoms with Gasteiger partial charge in [0.05, 0.1) is 18.1 Å². The third kappa shape index (κ3) is 2.57. The lowest BCUT2D eigenvalue weighted by Gasteiger charge is -2.04. The predicted molar refractivity (Wildman–Crippen MR) is 68.2 cm³/mol. The van der Waals surface area contributed by atoms with Crippen molar-refractivity contribution in [1.82, 2.24) is 0 Å². The first-order valence-electron chi connectivity index (χ1n) is 5.77. The van der Waals surface area contributed by atoms with Crippen LogP contribution in [0.5, 0.6) is 0 Å². The van der Waals surface area contributed by atoms with Crippen molar-refractivity contribution in [3.05, 3.63) is 57.8 Å². The number of thiophene rings is 1. The van der Waals surface area contributed by atoms with Gasteiger partial charge in [-0.25, -0.2) is 0 Å². The lowest BCUT2D eigenvalue weighted by atomic mass is 10.1. The highest BCUT2D eigenvalue weighted by atomic mass is 32.1. The highest BCUT2D eigenvalue weighted by Gasteiger charge is 2.19. The molecule has 0 atom stereocenters. The van der Waals surface area contributed by atoms with Gasteiger partial charge in [-0.1, -0.05) is 30.3 Å². The van der Waals surface area contributed by atoms with Gasteiger partial charge in [0, 0.05) is 11.3 Å². The van der Waals surface area contributed by atoms with E-state index in [-0.39, 0.29) is 6.29 Å². The van der Waals surface area contributed by atoms with Crippen LogP contribution in [-0.4, -0.2) is 13.2 Å². The van der Waals surface area contributed by atoms with Gasteiger partial charge in [-0.3, -0.25) is 0 Å². The first kappa shape index (κ1) is 11.0. The van der Waals surface area contributed by atoms with Gasteiger partial charge in [-0.05, 0) is 17.7 Å². The topological polar surface area (TPSA) is 18.5 Å². The SMILES string of the molecule is c1ccc(Cc2ccc(C3OCCO3)s2)cc1. The Kier molecular flexibility index (Phi) is 3.22. The van der Waals surface area contributed by atoms with E-state index < -0.39 is 0 Å². The van der Waals surface area contributed by atoms with Crippen LogP contribution in [0.25, 0.3) is 0 Å². The minimum absolute atomic E-state index is 0.135. The summed E-state index contributed by atoms with van der Waals surface area (Å²) >= 11 is 1.77. The van der Waals surface area contributed by atoms with Crippen molar-refractivity contribution < 1.29 is 9.47 Å². The van der Waals surface area contributed by atoms with E-state index in [0.29, 0.717) is 13.2 Å². The largest absolute Gasteiger partial charge is 0.345 e. The van der Waals surface area contributed by atoms with Crippen LogP contribution >= 0.6 is 11.3 Å². The summed E-state index contributed by atoms with van der Waals surface area (Å²) in [6.07, 6.45) is 0.850. The maximum atomic E-state index is 5.49. The minimum atomic E-state index is -0.135. The highest BCUT2D eigenvalue weighted by Crippen LogP contribution is 2.30. The van der Waals surface area contributed by atoms with Crippen molar-refractivity contribution in [2.75, 3.05) is 13.2 Å². The molecule has 1 aliphatic heterocycles. The summed E-state index contributed by atoms with van der Waals surface area (Å²) in [4.78, 5) is 2.53. The summed E-state index contributed by atoms with van der Waals surface area (Å²) < 4.78 is 11.0. The van der Waals surface area contributed by atoms with E-state index in [9.17, 15) is 0 Å². The number of benzene rings is 1. The molecule has 1 aromatic carbocycles. The Hall–Kier alpha value is -1.16. The third-order valence-electron chi connectivity index (χ3n) is 2.76. The van der Waals surface area contributed by atoms with Crippen LogP contribution in [0.3, 0.4) is 0 Å². The molecule has 0 unspecified atom stereocenters. The maximum absolute atomic E-state index is 5.49. The molecule has 17 heavy (non-hydrogen) atoms. The smallest absolute Gasteiger partial charge is 0.193 e. The van der Waals surface area contributed by atoms with Gasteiger partial charge >= 0.3 is 0 Å². The maximum Gasteiger partial charge on any atom is 0.193 e. The summed E-state index contributed by atoms with van der Waals surface area (Å²) in [6, 6.07) is 14.8. The van der Waals surface area contributed by atoms with Gasteiger partial charge in [-0.15, -0.1) is 11.3 Å². The van der Waals surface area contributed by atoms with Crippen LogP contribution in [0, 0.1) is 0 Å². The molecule has 0 spiro atoms. The molecule has 2 nitrogen and oxygen atoms in total. The molecule has 0 amide bonds. The molecular formula is C14H14O2S. The Morgan fingerprint density at radius 2 is 1.76 bits per heavy atom. The standard InChI is InChI=1S/C14H14O2S/c1-2-4-11(5-3-1)10-12-6-7-13(17-12)14-15-8-9-16-14/h1-7,14H,8-10H2. The van der Waals surface area contributed by atoms with Gasteiger partial charge in [0.2, 0.25) is 0 Å². The molecule has 0 N–H and O–H groups in total. The Bertz CT molecular complexity index is 472. The van der Waals surface area contributed by atoms with E-state index in [0.717, 1.165) is 6.42 Å². The van der Waals surface area contributed by atoms with E-state index in [1.54, 1.807) is 11.3 Å². The molecule has 3 rings (SSSR count). The van der Waals surface area contributed by atoms with Gasteiger partial charge in [0.1, 0.15) is 0 Å². The van der Waals surface area contributed by atoms with Gasteiger partial charge in [0.15, 0.2) is 6.29 Å². The number of ether oxygens (including phenoxy) is 2. The fourth-order valence-electron chi connectivity index (χ4n) is 1.94. The molecule has 0 bridgehead atoms. The summed E-state index contributed by atoms with van der Waals surface area (Å²) in [5, 5.41) is 0. The Morgan fingerprint density at radius 1 is 1.00 bits per heavy atom. The van der Waals surface area contributed by atoms with Crippen LogP contribution in [0.2, 0.25) is 0 Å². The molecule has 2 heterocycles. The second kappa shape index (κ2) is 5.00. The first-order valence-corrected chi connectivity index (χ1v) is 6.59. The normalized spacial score (nSPS) is 16.5. The molecular weight excluding hydrogens is 232 g/mol.